The van der Waals surface area contributed by atoms with E-state index in [-0.39, 0.29) is 0 Å². The Balaban J connectivity index is 2.22. The summed E-state index contributed by atoms with van der Waals surface area (Å²) in [4.78, 5) is 11.6. The van der Waals surface area contributed by atoms with E-state index in [0.717, 1.165) is 12.8 Å². The van der Waals surface area contributed by atoms with Crippen molar-refractivity contribution in [1.82, 2.24) is 5.32 Å². The van der Waals surface area contributed by atoms with Crippen LogP contribution in [0, 0.1) is 0 Å². The van der Waals surface area contributed by atoms with Gasteiger partial charge in [0.2, 0.25) is 0 Å². The number of ether oxygens (including phenoxy) is 3. The molecule has 1 fully saturated rings. The van der Waals surface area contributed by atoms with Gasteiger partial charge in [0.15, 0.2) is 0 Å². The molecule has 1 atom stereocenters. The van der Waals surface area contributed by atoms with E-state index in [4.69, 9.17) is 14.2 Å². The maximum atomic E-state index is 11.6. The highest BCUT2D eigenvalue weighted by Gasteiger charge is 2.27. The van der Waals surface area contributed by atoms with Crippen molar-refractivity contribution >= 4 is 22.0 Å². The van der Waals surface area contributed by atoms with Crippen LogP contribution in [0.2, 0.25) is 0 Å². The molecule has 0 bridgehead atoms. The van der Waals surface area contributed by atoms with E-state index in [1.54, 1.807) is 0 Å². The highest BCUT2D eigenvalue weighted by atomic mass is 79.9. The number of hydrogen-bond acceptors (Lipinski definition) is 4. The van der Waals surface area contributed by atoms with Crippen LogP contribution in [0.3, 0.4) is 0 Å². The third kappa shape index (κ3) is 8.07. The molecule has 1 saturated carbocycles. The fraction of sp³-hybridized carbons (Fsp3) is 0.929. The fourth-order valence-corrected chi connectivity index (χ4v) is 1.81. The summed E-state index contributed by atoms with van der Waals surface area (Å²) in [7, 11) is 0. The lowest BCUT2D eigenvalue weighted by atomic mass is 10.1. The minimum absolute atomic E-state index is 0.386. The van der Waals surface area contributed by atoms with Crippen LogP contribution < -0.4 is 5.32 Å². The van der Waals surface area contributed by atoms with Crippen molar-refractivity contribution in [1.29, 1.82) is 0 Å². The van der Waals surface area contributed by atoms with Crippen LogP contribution in [0.1, 0.15) is 40.5 Å². The van der Waals surface area contributed by atoms with E-state index in [9.17, 15) is 4.79 Å². The van der Waals surface area contributed by atoms with Crippen LogP contribution in [0.4, 0.5) is 4.79 Å². The minimum atomic E-state index is -0.492. The van der Waals surface area contributed by atoms with Gasteiger partial charge in [-0.15, -0.1) is 0 Å². The molecule has 0 radical (unpaired) electrons. The third-order valence-electron chi connectivity index (χ3n) is 2.70. The summed E-state index contributed by atoms with van der Waals surface area (Å²) in [5.74, 6) is 0. The maximum Gasteiger partial charge on any atom is 0.407 e. The standard InChI is InChI=1S/C14H26BrNO4/c1-13(2,3)20-12(17)16-10-14(4,9-15)19-8-7-18-11-5-6-11/h11H,5-10H2,1-4H3,(H,16,17). The topological polar surface area (TPSA) is 56.8 Å². The molecule has 6 heteroatoms. The van der Waals surface area contributed by atoms with Crippen molar-refractivity contribution in [2.24, 2.45) is 0 Å². The van der Waals surface area contributed by atoms with Crippen LogP contribution in [-0.4, -0.2) is 48.5 Å². The van der Waals surface area contributed by atoms with Gasteiger partial charge in [-0.25, -0.2) is 4.79 Å². The molecular weight excluding hydrogens is 326 g/mol. The van der Waals surface area contributed by atoms with Gasteiger partial charge in [0, 0.05) is 5.33 Å². The first-order chi connectivity index (χ1) is 9.24. The molecule has 118 valence electrons. The molecule has 0 saturated heterocycles. The minimum Gasteiger partial charge on any atom is -0.444 e. The van der Waals surface area contributed by atoms with Gasteiger partial charge in [-0.2, -0.15) is 0 Å². The van der Waals surface area contributed by atoms with Crippen molar-refractivity contribution in [3.05, 3.63) is 0 Å². The van der Waals surface area contributed by atoms with Gasteiger partial charge in [-0.05, 0) is 40.5 Å². The summed E-state index contributed by atoms with van der Waals surface area (Å²) in [5.41, 5.74) is -0.961. The molecule has 1 aliphatic carbocycles. The molecule has 0 heterocycles. The second-order valence-corrected chi connectivity index (χ2v) is 6.92. The Kier molecular flexibility index (Phi) is 6.75. The summed E-state index contributed by atoms with van der Waals surface area (Å²) >= 11 is 3.42. The molecule has 0 aromatic heterocycles. The lowest BCUT2D eigenvalue weighted by Crippen LogP contribution is -2.46. The molecule has 0 aliphatic heterocycles. The van der Waals surface area contributed by atoms with E-state index in [0.29, 0.717) is 31.2 Å². The Hall–Kier alpha value is -0.330. The van der Waals surface area contributed by atoms with Crippen LogP contribution in [0.25, 0.3) is 0 Å². The number of alkyl halides is 1. The zero-order valence-electron chi connectivity index (χ0n) is 12.8. The summed E-state index contributed by atoms with van der Waals surface area (Å²) in [5, 5.41) is 3.36. The number of amides is 1. The van der Waals surface area contributed by atoms with Gasteiger partial charge in [0.1, 0.15) is 5.60 Å². The first-order valence-electron chi connectivity index (χ1n) is 7.02. The van der Waals surface area contributed by atoms with E-state index in [1.807, 2.05) is 27.7 Å². The molecule has 5 nitrogen and oxygen atoms in total. The second-order valence-electron chi connectivity index (χ2n) is 6.36. The predicted molar refractivity (Wildman–Crippen MR) is 81.4 cm³/mol. The van der Waals surface area contributed by atoms with Crippen molar-refractivity contribution < 1.29 is 19.0 Å². The van der Waals surface area contributed by atoms with Crippen molar-refractivity contribution in [3.8, 4) is 0 Å². The number of carbonyl (C=O) groups is 1. The SMILES string of the molecule is CC(C)(C)OC(=O)NCC(C)(CBr)OCCOC1CC1. The van der Waals surface area contributed by atoms with Crippen LogP contribution in [0.15, 0.2) is 0 Å². The average molecular weight is 352 g/mol. The smallest absolute Gasteiger partial charge is 0.407 e. The Morgan fingerprint density at radius 2 is 1.90 bits per heavy atom. The molecule has 1 N–H and O–H groups in total. The van der Waals surface area contributed by atoms with E-state index < -0.39 is 17.3 Å². The molecule has 1 rings (SSSR count). The lowest BCUT2D eigenvalue weighted by molar-refractivity contribution is -0.0447. The highest BCUT2D eigenvalue weighted by molar-refractivity contribution is 9.09. The average Bonchev–Trinajstić information content (AvgIpc) is 3.14. The van der Waals surface area contributed by atoms with Crippen LogP contribution in [-0.2, 0) is 14.2 Å². The van der Waals surface area contributed by atoms with Gasteiger partial charge >= 0.3 is 6.09 Å². The quantitative estimate of drug-likeness (QED) is 0.539. The van der Waals surface area contributed by atoms with Gasteiger partial charge in [-0.3, -0.25) is 0 Å². The van der Waals surface area contributed by atoms with Crippen LogP contribution >= 0.6 is 15.9 Å². The van der Waals surface area contributed by atoms with Crippen molar-refractivity contribution in [3.63, 3.8) is 0 Å². The third-order valence-corrected chi connectivity index (χ3v) is 3.89. The molecular formula is C14H26BrNO4. The van der Waals surface area contributed by atoms with Gasteiger partial charge in [-0.1, -0.05) is 15.9 Å². The predicted octanol–water partition coefficient (Wildman–Crippen LogP) is 2.86. The summed E-state index contributed by atoms with van der Waals surface area (Å²) < 4.78 is 16.5. The van der Waals surface area contributed by atoms with Gasteiger partial charge in [0.05, 0.1) is 31.5 Å². The van der Waals surface area contributed by atoms with Crippen molar-refractivity contribution in [2.45, 2.75) is 57.8 Å². The van der Waals surface area contributed by atoms with Crippen molar-refractivity contribution in [2.75, 3.05) is 25.1 Å². The molecule has 0 aromatic carbocycles. The molecule has 1 aliphatic rings. The van der Waals surface area contributed by atoms with E-state index in [1.165, 1.54) is 0 Å². The number of carbonyl (C=O) groups excluding carboxylic acids is 1. The highest BCUT2D eigenvalue weighted by Crippen LogP contribution is 2.23. The molecule has 1 amide bonds. The first-order valence-corrected chi connectivity index (χ1v) is 8.15. The molecule has 1 unspecified atom stereocenters. The largest absolute Gasteiger partial charge is 0.444 e. The Labute approximate surface area is 129 Å². The number of nitrogens with one attached hydrogen (secondary N) is 1. The summed E-state index contributed by atoms with van der Waals surface area (Å²) in [6.07, 6.45) is 2.34. The van der Waals surface area contributed by atoms with Gasteiger partial charge < -0.3 is 19.5 Å². The van der Waals surface area contributed by atoms with E-state index in [2.05, 4.69) is 21.2 Å². The zero-order chi connectivity index (χ0) is 15.2. The molecule has 20 heavy (non-hydrogen) atoms. The van der Waals surface area contributed by atoms with Gasteiger partial charge in [0.25, 0.3) is 0 Å². The Bertz CT molecular complexity index is 315. The normalized spacial score (nSPS) is 18.4. The zero-order valence-corrected chi connectivity index (χ0v) is 14.4. The summed E-state index contributed by atoms with van der Waals surface area (Å²) in [6, 6.07) is 0. The maximum absolute atomic E-state index is 11.6. The Morgan fingerprint density at radius 1 is 1.25 bits per heavy atom. The van der Waals surface area contributed by atoms with Crippen LogP contribution in [0.5, 0.6) is 0 Å². The number of hydrogen-bond donors (Lipinski definition) is 1. The summed E-state index contributed by atoms with van der Waals surface area (Å²) in [6.45, 7) is 8.95. The number of halogens is 1. The molecule has 0 aromatic rings. The lowest BCUT2D eigenvalue weighted by Gasteiger charge is -2.29. The Morgan fingerprint density at radius 3 is 2.40 bits per heavy atom. The fourth-order valence-electron chi connectivity index (χ4n) is 1.45. The number of alkyl carbamates (subject to hydrolysis) is 1. The van der Waals surface area contributed by atoms with E-state index >= 15 is 0 Å². The first kappa shape index (κ1) is 17.7. The molecule has 0 spiro atoms. The number of rotatable bonds is 8. The second kappa shape index (κ2) is 7.61. The monoisotopic (exact) mass is 351 g/mol.